The molecule has 0 aliphatic rings. The summed E-state index contributed by atoms with van der Waals surface area (Å²) in [6, 6.07) is 27.5. The van der Waals surface area contributed by atoms with Crippen molar-refractivity contribution >= 4 is 44.0 Å². The van der Waals surface area contributed by atoms with E-state index in [0.29, 0.717) is 0 Å². The number of benzene rings is 4. The van der Waals surface area contributed by atoms with Gasteiger partial charge in [0.2, 0.25) is 0 Å². The van der Waals surface area contributed by atoms with Gasteiger partial charge in [-0.2, -0.15) is 0 Å². The van der Waals surface area contributed by atoms with Crippen molar-refractivity contribution in [2.45, 2.75) is 45.7 Å². The zero-order chi connectivity index (χ0) is 21.5. The van der Waals surface area contributed by atoms with E-state index in [1.165, 1.54) is 82.4 Å². The van der Waals surface area contributed by atoms with Crippen molar-refractivity contribution in [2.24, 2.45) is 0 Å². The zero-order valence-corrected chi connectivity index (χ0v) is 20.9. The molecule has 2 atom stereocenters. The second-order valence-corrected chi connectivity index (χ2v) is 11.1. The number of unbranched alkanes of at least 4 members (excludes halogenated alkanes) is 2. The van der Waals surface area contributed by atoms with E-state index in [9.17, 15) is 0 Å². The van der Waals surface area contributed by atoms with Crippen molar-refractivity contribution < 1.29 is 0 Å². The minimum Gasteiger partial charge on any atom is -0.118 e. The van der Waals surface area contributed by atoms with Crippen LogP contribution in [0.2, 0.25) is 0 Å². The van der Waals surface area contributed by atoms with E-state index >= 15 is 0 Å². The molecule has 31 heavy (non-hydrogen) atoms. The third-order valence-electron chi connectivity index (χ3n) is 6.06. The maximum Gasteiger partial charge on any atom is -0.00219 e. The minimum absolute atomic E-state index is 0.871. The van der Waals surface area contributed by atoms with E-state index in [1.54, 1.807) is 5.30 Å². The summed E-state index contributed by atoms with van der Waals surface area (Å²) in [6.45, 7) is 4.59. The minimum atomic E-state index is 0.871. The van der Waals surface area contributed by atoms with Crippen LogP contribution in [-0.2, 0) is 6.16 Å². The van der Waals surface area contributed by atoms with Crippen molar-refractivity contribution in [1.29, 1.82) is 0 Å². The molecular weight excluding hydrogens is 410 g/mol. The van der Waals surface area contributed by atoms with Gasteiger partial charge in [-0.3, -0.25) is 0 Å². The van der Waals surface area contributed by atoms with Crippen LogP contribution >= 0.6 is 17.2 Å². The number of rotatable bonds is 10. The van der Waals surface area contributed by atoms with Gasteiger partial charge < -0.3 is 0 Å². The molecule has 0 bridgehead atoms. The molecule has 0 aromatic heterocycles. The molecule has 0 saturated heterocycles. The van der Waals surface area contributed by atoms with Crippen molar-refractivity contribution in [3.05, 3.63) is 78.4 Å². The Morgan fingerprint density at radius 2 is 1.23 bits per heavy atom. The first-order chi connectivity index (χ1) is 15.3. The summed E-state index contributed by atoms with van der Waals surface area (Å²) in [5.74, 6) is 0. The van der Waals surface area contributed by atoms with Crippen LogP contribution in [0.15, 0.2) is 72.8 Å². The molecule has 4 aromatic carbocycles. The Kier molecular flexibility index (Phi) is 8.13. The Morgan fingerprint density at radius 3 is 1.94 bits per heavy atom. The Labute approximate surface area is 191 Å². The Hall–Kier alpha value is -1.74. The number of hydrogen-bond acceptors (Lipinski definition) is 0. The van der Waals surface area contributed by atoms with Crippen LogP contribution in [0.4, 0.5) is 0 Å². The van der Waals surface area contributed by atoms with Crippen LogP contribution in [-0.4, -0.2) is 12.3 Å². The average Bonchev–Trinajstić information content (AvgIpc) is 2.82. The van der Waals surface area contributed by atoms with Crippen LogP contribution < -0.4 is 5.30 Å². The monoisotopic (exact) mass is 444 g/mol. The molecular formula is C29H34P2. The highest BCUT2D eigenvalue weighted by Crippen LogP contribution is 2.40. The first-order valence-corrected chi connectivity index (χ1v) is 14.4. The predicted octanol–water partition coefficient (Wildman–Crippen LogP) is 8.74. The molecule has 0 N–H and O–H groups in total. The smallest absolute Gasteiger partial charge is 0.00219 e. The summed E-state index contributed by atoms with van der Waals surface area (Å²) in [5, 5.41) is 7.08. The maximum absolute atomic E-state index is 2.41. The molecule has 160 valence electrons. The van der Waals surface area contributed by atoms with E-state index in [0.717, 1.165) is 17.2 Å². The van der Waals surface area contributed by atoms with Crippen LogP contribution in [0.1, 0.15) is 45.1 Å². The van der Waals surface area contributed by atoms with Crippen molar-refractivity contribution in [3.63, 3.8) is 0 Å². The summed E-state index contributed by atoms with van der Waals surface area (Å²) in [5.41, 5.74) is 4.53. The summed E-state index contributed by atoms with van der Waals surface area (Å²) in [4.78, 5) is 0. The van der Waals surface area contributed by atoms with Gasteiger partial charge >= 0.3 is 0 Å². The highest BCUT2D eigenvalue weighted by molar-refractivity contribution is 7.47. The molecule has 0 nitrogen and oxygen atoms in total. The fraction of sp³-hybridized carbons (Fsp3) is 0.310. The highest BCUT2D eigenvalue weighted by Gasteiger charge is 2.16. The van der Waals surface area contributed by atoms with Gasteiger partial charge in [0.05, 0.1) is 0 Å². The summed E-state index contributed by atoms with van der Waals surface area (Å²) < 4.78 is 0. The Balaban J connectivity index is 1.92. The maximum atomic E-state index is 2.41. The van der Waals surface area contributed by atoms with Crippen molar-refractivity contribution in [1.82, 2.24) is 0 Å². The SMILES string of the molecule is CCCCPCc1ccc2ccccc2c1-c1c(PCCCC)ccc2ccccc12. The third-order valence-corrected chi connectivity index (χ3v) is 8.80. The lowest BCUT2D eigenvalue weighted by molar-refractivity contribution is 0.893. The number of fused-ring (bicyclic) bond motifs is 2. The molecule has 2 unspecified atom stereocenters. The van der Waals surface area contributed by atoms with Gasteiger partial charge in [-0.1, -0.05) is 108 Å². The van der Waals surface area contributed by atoms with Crippen LogP contribution in [0.3, 0.4) is 0 Å². The lowest BCUT2D eigenvalue weighted by Gasteiger charge is -2.19. The Morgan fingerprint density at radius 1 is 0.613 bits per heavy atom. The van der Waals surface area contributed by atoms with Crippen LogP contribution in [0.25, 0.3) is 32.7 Å². The van der Waals surface area contributed by atoms with Crippen LogP contribution in [0.5, 0.6) is 0 Å². The molecule has 4 rings (SSSR count). The van der Waals surface area contributed by atoms with E-state index in [1.807, 2.05) is 0 Å². The van der Waals surface area contributed by atoms with Crippen molar-refractivity contribution in [2.75, 3.05) is 12.3 Å². The third kappa shape index (κ3) is 5.19. The lowest BCUT2D eigenvalue weighted by atomic mass is 9.90. The second kappa shape index (κ2) is 11.2. The molecule has 4 aromatic rings. The lowest BCUT2D eigenvalue weighted by Crippen LogP contribution is -2.05. The standard InChI is InChI=1S/C29H34P2/c1-3-5-19-30-21-24-16-15-22-11-7-9-13-25(22)28(24)29-26-14-10-8-12-23(26)17-18-27(29)31-20-6-4-2/h7-18,30-31H,3-6,19-21H2,1-2H3. The quantitative estimate of drug-likeness (QED) is 0.169. The summed E-state index contributed by atoms with van der Waals surface area (Å²) >= 11 is 0. The summed E-state index contributed by atoms with van der Waals surface area (Å²) in [7, 11) is 1.88. The van der Waals surface area contributed by atoms with Gasteiger partial charge in [0, 0.05) is 0 Å². The average molecular weight is 445 g/mol. The van der Waals surface area contributed by atoms with Crippen LogP contribution in [0, 0.1) is 0 Å². The zero-order valence-electron chi connectivity index (χ0n) is 18.9. The van der Waals surface area contributed by atoms with E-state index in [4.69, 9.17) is 0 Å². The van der Waals surface area contributed by atoms with E-state index in [2.05, 4.69) is 86.6 Å². The van der Waals surface area contributed by atoms with Crippen molar-refractivity contribution in [3.8, 4) is 11.1 Å². The molecule has 2 heteroatoms. The molecule has 0 fully saturated rings. The number of hydrogen-bond donors (Lipinski definition) is 0. The molecule has 0 aliphatic heterocycles. The molecule has 0 spiro atoms. The largest absolute Gasteiger partial charge is 0.118 e. The van der Waals surface area contributed by atoms with Gasteiger partial charge in [-0.15, -0.1) is 8.58 Å². The van der Waals surface area contributed by atoms with Gasteiger partial charge in [0.15, 0.2) is 0 Å². The highest BCUT2D eigenvalue weighted by atomic mass is 31.1. The van der Waals surface area contributed by atoms with Gasteiger partial charge in [0.25, 0.3) is 0 Å². The van der Waals surface area contributed by atoms with E-state index in [-0.39, 0.29) is 0 Å². The predicted molar refractivity (Wildman–Crippen MR) is 146 cm³/mol. The first-order valence-electron chi connectivity index (χ1n) is 11.8. The van der Waals surface area contributed by atoms with E-state index < -0.39 is 0 Å². The summed E-state index contributed by atoms with van der Waals surface area (Å²) in [6.07, 6.45) is 9.06. The second-order valence-electron chi connectivity index (χ2n) is 8.34. The fourth-order valence-corrected chi connectivity index (χ4v) is 7.15. The van der Waals surface area contributed by atoms with Gasteiger partial charge in [-0.25, -0.2) is 0 Å². The molecule has 0 saturated carbocycles. The molecule has 0 radical (unpaired) electrons. The fourth-order valence-electron chi connectivity index (χ4n) is 4.37. The molecule has 0 heterocycles. The Bertz CT molecular complexity index is 1150. The molecule has 0 aliphatic carbocycles. The topological polar surface area (TPSA) is 0 Å². The normalized spacial score (nSPS) is 12.2. The van der Waals surface area contributed by atoms with Gasteiger partial charge in [0.1, 0.15) is 0 Å². The molecule has 0 amide bonds. The first kappa shape index (κ1) is 22.5. The van der Waals surface area contributed by atoms with Gasteiger partial charge in [-0.05, 0) is 74.9 Å².